The normalized spacial score (nSPS) is 22.1. The van der Waals surface area contributed by atoms with Crippen molar-refractivity contribution in [2.45, 2.75) is 51.5 Å². The van der Waals surface area contributed by atoms with Gasteiger partial charge in [-0.1, -0.05) is 62.4 Å². The summed E-state index contributed by atoms with van der Waals surface area (Å²) in [6.07, 6.45) is 2.11. The van der Waals surface area contributed by atoms with Gasteiger partial charge in [0.25, 0.3) is 0 Å². The first kappa shape index (κ1) is 20.7. The number of nitrogen functional groups attached to an aromatic ring is 1. The van der Waals surface area contributed by atoms with Crippen LogP contribution >= 0.6 is 0 Å². The van der Waals surface area contributed by atoms with Gasteiger partial charge in [0.15, 0.2) is 0 Å². The van der Waals surface area contributed by atoms with E-state index in [4.69, 9.17) is 11.1 Å². The van der Waals surface area contributed by atoms with Gasteiger partial charge in [-0.3, -0.25) is 10.2 Å². The van der Waals surface area contributed by atoms with E-state index >= 15 is 0 Å². The molecule has 164 valence electrons. The highest BCUT2D eigenvalue weighted by molar-refractivity contribution is 5.99. The van der Waals surface area contributed by atoms with Gasteiger partial charge >= 0.3 is 0 Å². The summed E-state index contributed by atoms with van der Waals surface area (Å²) in [6.45, 7) is 6.95. The molecule has 0 spiro atoms. The number of carbonyl (C=O) groups is 1. The van der Waals surface area contributed by atoms with E-state index in [2.05, 4.69) is 61.2 Å². The van der Waals surface area contributed by atoms with E-state index in [-0.39, 0.29) is 17.8 Å². The Morgan fingerprint density at radius 2 is 1.66 bits per heavy atom. The van der Waals surface area contributed by atoms with Gasteiger partial charge in [0, 0.05) is 19.0 Å². The summed E-state index contributed by atoms with van der Waals surface area (Å²) >= 11 is 0. The Morgan fingerprint density at radius 3 is 2.34 bits per heavy atom. The van der Waals surface area contributed by atoms with Gasteiger partial charge < -0.3 is 10.6 Å². The van der Waals surface area contributed by atoms with Crippen LogP contribution in [0.5, 0.6) is 0 Å². The molecule has 5 rings (SSSR count). The fourth-order valence-electron chi connectivity index (χ4n) is 5.56. The highest BCUT2D eigenvalue weighted by atomic mass is 16.2. The zero-order valence-corrected chi connectivity index (χ0v) is 19.1. The van der Waals surface area contributed by atoms with Crippen molar-refractivity contribution in [2.24, 2.45) is 11.7 Å². The first-order valence-corrected chi connectivity index (χ1v) is 11.6. The summed E-state index contributed by atoms with van der Waals surface area (Å²) in [6, 6.07) is 19.8. The van der Waals surface area contributed by atoms with Crippen molar-refractivity contribution in [3.05, 3.63) is 82.4 Å². The molecule has 4 heteroatoms. The predicted octanol–water partition coefficient (Wildman–Crippen LogP) is 5.50. The van der Waals surface area contributed by atoms with E-state index in [1.165, 1.54) is 34.1 Å². The average molecular weight is 426 g/mol. The van der Waals surface area contributed by atoms with Crippen molar-refractivity contribution in [3.8, 4) is 0 Å². The van der Waals surface area contributed by atoms with Crippen molar-refractivity contribution in [2.75, 3.05) is 6.54 Å². The van der Waals surface area contributed by atoms with Crippen LogP contribution in [0.4, 0.5) is 0 Å². The van der Waals surface area contributed by atoms with E-state index < -0.39 is 0 Å². The maximum atomic E-state index is 12.3. The lowest BCUT2D eigenvalue weighted by Gasteiger charge is -2.39. The highest BCUT2D eigenvalue weighted by Crippen LogP contribution is 2.55. The molecular weight excluding hydrogens is 394 g/mol. The highest BCUT2D eigenvalue weighted by Gasteiger charge is 2.40. The van der Waals surface area contributed by atoms with Crippen LogP contribution in [0.1, 0.15) is 72.9 Å². The molecule has 4 nitrogen and oxygen atoms in total. The van der Waals surface area contributed by atoms with Crippen LogP contribution in [-0.4, -0.2) is 23.2 Å². The van der Waals surface area contributed by atoms with Gasteiger partial charge in [-0.05, 0) is 69.7 Å². The van der Waals surface area contributed by atoms with E-state index in [9.17, 15) is 4.79 Å². The molecule has 32 heavy (non-hydrogen) atoms. The van der Waals surface area contributed by atoms with Crippen molar-refractivity contribution < 1.29 is 4.79 Å². The fraction of sp³-hybridized carbons (Fsp3) is 0.357. The summed E-state index contributed by atoms with van der Waals surface area (Å²) in [4.78, 5) is 14.3. The number of nitrogens with zero attached hydrogens (tertiary/aromatic N) is 1. The van der Waals surface area contributed by atoms with Crippen LogP contribution in [0.2, 0.25) is 0 Å². The Balaban J connectivity index is 1.42. The van der Waals surface area contributed by atoms with E-state index in [0.717, 1.165) is 23.9 Å². The maximum absolute atomic E-state index is 12.3. The molecule has 1 aliphatic heterocycles. The summed E-state index contributed by atoms with van der Waals surface area (Å²) in [7, 11) is 0. The van der Waals surface area contributed by atoms with Crippen LogP contribution in [0.15, 0.2) is 54.6 Å². The molecule has 1 saturated carbocycles. The van der Waals surface area contributed by atoms with Gasteiger partial charge in [-0.2, -0.15) is 0 Å². The molecule has 3 atom stereocenters. The molecule has 0 radical (unpaired) electrons. The molecule has 1 aliphatic carbocycles. The molecule has 0 saturated heterocycles. The van der Waals surface area contributed by atoms with Crippen LogP contribution in [0.3, 0.4) is 0 Å². The molecule has 1 heterocycles. The molecule has 3 aromatic carbocycles. The number of nitrogens with two attached hydrogens (primary N) is 1. The lowest BCUT2D eigenvalue weighted by atomic mass is 9.84. The van der Waals surface area contributed by atoms with Gasteiger partial charge in [-0.15, -0.1) is 0 Å². The Labute approximate surface area is 189 Å². The fourth-order valence-corrected chi connectivity index (χ4v) is 5.56. The Bertz CT molecular complexity index is 1230. The number of nitrogens with one attached hydrogen (secondary N) is 1. The summed E-state index contributed by atoms with van der Waals surface area (Å²) < 4.78 is 0. The lowest BCUT2D eigenvalue weighted by Crippen LogP contribution is -2.41. The largest absolute Gasteiger partial charge is 0.384 e. The SMILES string of the molecule is CC(=O)N1CCc2ccc(C3CC3c3ccc4cc(C(=N)N)ccc4c3)cc2C1C(C)C. The number of rotatable bonds is 4. The second-order valence-corrected chi connectivity index (χ2v) is 9.79. The molecule has 1 fully saturated rings. The zero-order chi connectivity index (χ0) is 22.6. The van der Waals surface area contributed by atoms with Crippen LogP contribution in [0, 0.1) is 11.3 Å². The van der Waals surface area contributed by atoms with Gasteiger partial charge in [0.2, 0.25) is 5.91 Å². The number of amidine groups is 1. The molecule has 2 aliphatic rings. The number of benzene rings is 3. The Kier molecular flexibility index (Phi) is 5.04. The predicted molar refractivity (Wildman–Crippen MR) is 130 cm³/mol. The second-order valence-electron chi connectivity index (χ2n) is 9.79. The number of fused-ring (bicyclic) bond motifs is 2. The minimum absolute atomic E-state index is 0.105. The molecule has 0 aromatic heterocycles. The lowest BCUT2D eigenvalue weighted by molar-refractivity contribution is -0.132. The number of hydrogen-bond acceptors (Lipinski definition) is 2. The van der Waals surface area contributed by atoms with Crippen LogP contribution in [0.25, 0.3) is 10.8 Å². The zero-order valence-electron chi connectivity index (χ0n) is 19.1. The summed E-state index contributed by atoms with van der Waals surface area (Å²) in [5.74, 6) is 1.75. The maximum Gasteiger partial charge on any atom is 0.219 e. The first-order chi connectivity index (χ1) is 15.3. The minimum atomic E-state index is 0.105. The van der Waals surface area contributed by atoms with E-state index in [0.29, 0.717) is 17.8 Å². The molecule has 1 amide bonds. The Hall–Kier alpha value is -3.14. The van der Waals surface area contributed by atoms with Crippen molar-refractivity contribution in [3.63, 3.8) is 0 Å². The van der Waals surface area contributed by atoms with Crippen LogP contribution < -0.4 is 5.73 Å². The third-order valence-electron chi connectivity index (χ3n) is 7.30. The van der Waals surface area contributed by atoms with Gasteiger partial charge in [0.1, 0.15) is 5.84 Å². The number of carbonyl (C=O) groups excluding carboxylic acids is 1. The quantitative estimate of drug-likeness (QED) is 0.428. The number of hydrogen-bond donors (Lipinski definition) is 2. The average Bonchev–Trinajstić information content (AvgIpc) is 3.57. The summed E-state index contributed by atoms with van der Waals surface area (Å²) in [5.41, 5.74) is 11.9. The second kappa shape index (κ2) is 7.77. The third kappa shape index (κ3) is 3.58. The third-order valence-corrected chi connectivity index (χ3v) is 7.30. The van der Waals surface area contributed by atoms with Crippen molar-refractivity contribution in [1.29, 1.82) is 5.41 Å². The molecule has 3 unspecified atom stereocenters. The standard InChI is InChI=1S/C28H31N3O/c1-16(2)27-26-14-22(7-4-18(26)10-11-31(27)17(3)32)25-15-24(25)21-8-5-20-13-23(28(29)30)9-6-19(20)12-21/h4-9,12-14,16,24-25,27H,10-11,15H2,1-3H3,(H3,29,30). The topological polar surface area (TPSA) is 70.2 Å². The molecule has 3 aromatic rings. The monoisotopic (exact) mass is 425 g/mol. The molecule has 3 N–H and O–H groups in total. The van der Waals surface area contributed by atoms with E-state index in [1.54, 1.807) is 6.92 Å². The van der Waals surface area contributed by atoms with Crippen LogP contribution in [-0.2, 0) is 11.2 Å². The molecule has 0 bridgehead atoms. The van der Waals surface area contributed by atoms with Crippen molar-refractivity contribution in [1.82, 2.24) is 4.90 Å². The Morgan fingerprint density at radius 1 is 1.00 bits per heavy atom. The smallest absolute Gasteiger partial charge is 0.219 e. The van der Waals surface area contributed by atoms with E-state index in [1.807, 2.05) is 12.1 Å². The minimum Gasteiger partial charge on any atom is -0.384 e. The first-order valence-electron chi connectivity index (χ1n) is 11.6. The molecular formula is C28H31N3O. The van der Waals surface area contributed by atoms with Gasteiger partial charge in [-0.25, -0.2) is 0 Å². The summed E-state index contributed by atoms with van der Waals surface area (Å²) in [5, 5.41) is 9.97. The van der Waals surface area contributed by atoms with Gasteiger partial charge in [0.05, 0.1) is 6.04 Å². The number of amides is 1. The van der Waals surface area contributed by atoms with Crippen molar-refractivity contribution >= 4 is 22.5 Å².